The molecule has 0 spiro atoms. The van der Waals surface area contributed by atoms with Crippen LogP contribution in [0.5, 0.6) is 5.75 Å². The highest BCUT2D eigenvalue weighted by Gasteiger charge is 2.11. The lowest BCUT2D eigenvalue weighted by atomic mass is 10.2. The zero-order valence-corrected chi connectivity index (χ0v) is 12.8. The Morgan fingerprint density at radius 1 is 1.25 bits per heavy atom. The first-order valence-corrected chi connectivity index (χ1v) is 7.25. The monoisotopic (exact) mass is 321 g/mol. The van der Waals surface area contributed by atoms with E-state index in [0.29, 0.717) is 29.4 Å². The summed E-state index contributed by atoms with van der Waals surface area (Å²) in [6, 6.07) is 12.2. The second-order valence-electron chi connectivity index (χ2n) is 4.80. The molecule has 2 N–H and O–H groups in total. The van der Waals surface area contributed by atoms with Crippen molar-refractivity contribution in [1.29, 1.82) is 0 Å². The van der Waals surface area contributed by atoms with Gasteiger partial charge in [0.15, 0.2) is 5.82 Å². The minimum absolute atomic E-state index is 0.188. The van der Waals surface area contributed by atoms with Crippen LogP contribution in [0.2, 0.25) is 0 Å². The second-order valence-corrected chi connectivity index (χ2v) is 4.80. The minimum atomic E-state index is -0.308. The molecule has 3 rings (SSSR count). The highest BCUT2D eigenvalue weighted by Crippen LogP contribution is 2.15. The highest BCUT2D eigenvalue weighted by atomic mass is 16.5. The van der Waals surface area contributed by atoms with Gasteiger partial charge in [0, 0.05) is 11.8 Å². The van der Waals surface area contributed by atoms with Crippen molar-refractivity contribution in [3.05, 3.63) is 66.9 Å². The molecule has 2 heterocycles. The average Bonchev–Trinajstić information content (AvgIpc) is 3.09. The number of amides is 1. The largest absolute Gasteiger partial charge is 0.490 e. The summed E-state index contributed by atoms with van der Waals surface area (Å²) >= 11 is 0. The van der Waals surface area contributed by atoms with E-state index in [-0.39, 0.29) is 11.9 Å². The van der Waals surface area contributed by atoms with Gasteiger partial charge in [-0.25, -0.2) is 0 Å². The first kappa shape index (κ1) is 15.4. The molecule has 0 fully saturated rings. The van der Waals surface area contributed by atoms with Crippen LogP contribution in [0.15, 0.2) is 61.3 Å². The van der Waals surface area contributed by atoms with E-state index < -0.39 is 0 Å². The molecule has 0 saturated heterocycles. The standard InChI is InChI=1S/C17H15N5O2/c1-2-11-24-13-8-6-12(7-9-13)16(23)20-17-19-15(21-22-17)14-5-3-4-10-18-14/h2-10H,1,11H2,(H2,19,20,21,22,23). The molecular weight excluding hydrogens is 306 g/mol. The Morgan fingerprint density at radius 3 is 2.79 bits per heavy atom. The molecule has 1 amide bonds. The number of anilines is 1. The molecule has 0 atom stereocenters. The summed E-state index contributed by atoms with van der Waals surface area (Å²) in [5.41, 5.74) is 1.12. The number of aromatic nitrogens is 4. The molecule has 2 aromatic heterocycles. The number of pyridine rings is 1. The second kappa shape index (κ2) is 7.19. The molecule has 120 valence electrons. The van der Waals surface area contributed by atoms with Crippen LogP contribution in [-0.4, -0.2) is 32.7 Å². The number of hydrogen-bond donors (Lipinski definition) is 2. The lowest BCUT2D eigenvalue weighted by molar-refractivity contribution is 0.102. The van der Waals surface area contributed by atoms with E-state index in [0.717, 1.165) is 0 Å². The predicted molar refractivity (Wildman–Crippen MR) is 89.7 cm³/mol. The quantitative estimate of drug-likeness (QED) is 0.681. The molecule has 0 bridgehead atoms. The van der Waals surface area contributed by atoms with E-state index in [9.17, 15) is 4.79 Å². The van der Waals surface area contributed by atoms with Gasteiger partial charge < -0.3 is 4.74 Å². The van der Waals surface area contributed by atoms with Crippen molar-refractivity contribution in [2.75, 3.05) is 11.9 Å². The Morgan fingerprint density at radius 2 is 2.08 bits per heavy atom. The molecule has 0 aliphatic heterocycles. The maximum Gasteiger partial charge on any atom is 0.258 e. The fourth-order valence-electron chi connectivity index (χ4n) is 1.97. The summed E-state index contributed by atoms with van der Waals surface area (Å²) in [4.78, 5) is 20.6. The number of carbonyl (C=O) groups is 1. The van der Waals surface area contributed by atoms with Gasteiger partial charge in [0.05, 0.1) is 0 Å². The Balaban J connectivity index is 1.66. The molecule has 0 aliphatic rings. The molecule has 0 radical (unpaired) electrons. The third kappa shape index (κ3) is 3.64. The zero-order chi connectivity index (χ0) is 16.8. The summed E-state index contributed by atoms with van der Waals surface area (Å²) in [6.45, 7) is 4.00. The van der Waals surface area contributed by atoms with Crippen molar-refractivity contribution in [2.24, 2.45) is 0 Å². The van der Waals surface area contributed by atoms with Crippen LogP contribution in [0.4, 0.5) is 5.95 Å². The van der Waals surface area contributed by atoms with Gasteiger partial charge >= 0.3 is 0 Å². The van der Waals surface area contributed by atoms with Crippen molar-refractivity contribution in [1.82, 2.24) is 20.2 Å². The third-order valence-electron chi connectivity index (χ3n) is 3.10. The van der Waals surface area contributed by atoms with Crippen LogP contribution in [0, 0.1) is 0 Å². The SMILES string of the molecule is C=CCOc1ccc(C(=O)Nc2n[nH]c(-c3ccccn3)n2)cc1. The molecule has 0 unspecified atom stereocenters. The number of H-pyrrole nitrogens is 1. The number of aromatic amines is 1. The van der Waals surface area contributed by atoms with Crippen molar-refractivity contribution < 1.29 is 9.53 Å². The number of ether oxygens (including phenoxy) is 1. The number of carbonyl (C=O) groups excluding carboxylic acids is 1. The number of nitrogens with one attached hydrogen (secondary N) is 2. The molecule has 0 aliphatic carbocycles. The van der Waals surface area contributed by atoms with Gasteiger partial charge in [-0.05, 0) is 36.4 Å². The molecule has 3 aromatic rings. The van der Waals surface area contributed by atoms with Gasteiger partial charge in [-0.3, -0.25) is 20.2 Å². The van der Waals surface area contributed by atoms with E-state index in [1.807, 2.05) is 12.1 Å². The minimum Gasteiger partial charge on any atom is -0.490 e. The van der Waals surface area contributed by atoms with Crippen LogP contribution in [-0.2, 0) is 0 Å². The maximum atomic E-state index is 12.2. The van der Waals surface area contributed by atoms with E-state index in [2.05, 4.69) is 32.1 Å². The van der Waals surface area contributed by atoms with Gasteiger partial charge in [0.25, 0.3) is 5.91 Å². The number of rotatable bonds is 6. The number of benzene rings is 1. The Hall–Kier alpha value is -3.48. The zero-order valence-electron chi connectivity index (χ0n) is 12.8. The van der Waals surface area contributed by atoms with Crippen molar-refractivity contribution >= 4 is 11.9 Å². The molecule has 7 heteroatoms. The van der Waals surface area contributed by atoms with Crippen molar-refractivity contribution in [3.63, 3.8) is 0 Å². The van der Waals surface area contributed by atoms with Gasteiger partial charge in [0.1, 0.15) is 18.1 Å². The molecule has 0 saturated carbocycles. The Bertz CT molecular complexity index is 828. The molecule has 1 aromatic carbocycles. The molecule has 7 nitrogen and oxygen atoms in total. The fourth-order valence-corrected chi connectivity index (χ4v) is 1.97. The normalized spacial score (nSPS) is 10.2. The first-order chi connectivity index (χ1) is 11.8. The van der Waals surface area contributed by atoms with E-state index in [4.69, 9.17) is 4.74 Å². The smallest absolute Gasteiger partial charge is 0.258 e. The predicted octanol–water partition coefficient (Wildman–Crippen LogP) is 2.68. The third-order valence-corrected chi connectivity index (χ3v) is 3.10. The van der Waals surface area contributed by atoms with Gasteiger partial charge in [0.2, 0.25) is 5.95 Å². The fraction of sp³-hybridized carbons (Fsp3) is 0.0588. The van der Waals surface area contributed by atoms with Crippen LogP contribution in [0.3, 0.4) is 0 Å². The first-order valence-electron chi connectivity index (χ1n) is 7.25. The van der Waals surface area contributed by atoms with Gasteiger partial charge in [-0.15, -0.1) is 5.10 Å². The van der Waals surface area contributed by atoms with E-state index in [1.54, 1.807) is 42.6 Å². The highest BCUT2D eigenvalue weighted by molar-refractivity contribution is 6.03. The summed E-state index contributed by atoms with van der Waals surface area (Å²) in [7, 11) is 0. The Labute approximate surface area is 138 Å². The van der Waals surface area contributed by atoms with Crippen LogP contribution < -0.4 is 10.1 Å². The summed E-state index contributed by atoms with van der Waals surface area (Å²) in [6.07, 6.45) is 3.31. The summed E-state index contributed by atoms with van der Waals surface area (Å²) in [5.74, 6) is 1.03. The lowest BCUT2D eigenvalue weighted by Crippen LogP contribution is -2.12. The molecule has 24 heavy (non-hydrogen) atoms. The number of nitrogens with zero attached hydrogens (tertiary/aromatic N) is 3. The van der Waals surface area contributed by atoms with Gasteiger partial charge in [-0.1, -0.05) is 18.7 Å². The van der Waals surface area contributed by atoms with Gasteiger partial charge in [-0.2, -0.15) is 4.98 Å². The lowest BCUT2D eigenvalue weighted by Gasteiger charge is -2.04. The topological polar surface area (TPSA) is 92.8 Å². The molecular formula is C17H15N5O2. The average molecular weight is 321 g/mol. The number of hydrogen-bond acceptors (Lipinski definition) is 5. The summed E-state index contributed by atoms with van der Waals surface area (Å²) < 4.78 is 5.37. The van der Waals surface area contributed by atoms with E-state index in [1.165, 1.54) is 0 Å². The van der Waals surface area contributed by atoms with Crippen molar-refractivity contribution in [2.45, 2.75) is 0 Å². The Kier molecular flexibility index (Phi) is 4.62. The van der Waals surface area contributed by atoms with Crippen molar-refractivity contribution in [3.8, 4) is 17.3 Å². The van der Waals surface area contributed by atoms with Crippen LogP contribution >= 0.6 is 0 Å². The van der Waals surface area contributed by atoms with E-state index >= 15 is 0 Å². The van der Waals surface area contributed by atoms with Crippen LogP contribution in [0.1, 0.15) is 10.4 Å². The maximum absolute atomic E-state index is 12.2. The van der Waals surface area contributed by atoms with Crippen LogP contribution in [0.25, 0.3) is 11.5 Å². The summed E-state index contributed by atoms with van der Waals surface area (Å²) in [5, 5.41) is 9.35.